The largest absolute Gasteiger partial charge is 0.244 e. The van der Waals surface area contributed by atoms with E-state index >= 15 is 0 Å². The molecule has 0 bridgehead atoms. The normalized spacial score (nSPS) is 11.1. The van der Waals surface area contributed by atoms with Crippen LogP contribution in [0.1, 0.15) is 5.56 Å². The van der Waals surface area contributed by atoms with Crippen LogP contribution in [0.15, 0.2) is 35.0 Å². The smallest absolute Gasteiger partial charge is 0.114 e. The summed E-state index contributed by atoms with van der Waals surface area (Å²) in [6.07, 6.45) is 0.977. The highest BCUT2D eigenvalue weighted by atomic mass is 35.5. The van der Waals surface area contributed by atoms with Crippen molar-refractivity contribution in [2.75, 3.05) is 0 Å². The van der Waals surface area contributed by atoms with Crippen LogP contribution in [-0.2, 0) is 13.0 Å². The maximum atomic E-state index is 5.91. The van der Waals surface area contributed by atoms with Crippen molar-refractivity contribution in [2.24, 2.45) is 0 Å². The summed E-state index contributed by atoms with van der Waals surface area (Å²) in [5.74, 6) is 0. The van der Waals surface area contributed by atoms with Crippen molar-refractivity contribution in [1.29, 1.82) is 0 Å². The number of nitrogens with zero attached hydrogens (tertiary/aromatic N) is 3. The summed E-state index contributed by atoms with van der Waals surface area (Å²) >= 11 is 7.63. The predicted octanol–water partition coefficient (Wildman–Crippen LogP) is 3.39. The first-order chi connectivity index (χ1) is 8.33. The molecule has 0 fully saturated rings. The van der Waals surface area contributed by atoms with Gasteiger partial charge in [0, 0.05) is 11.6 Å². The molecule has 0 N–H and O–H groups in total. The molecular formula is C12H10ClN3S. The minimum absolute atomic E-state index is 0.697. The van der Waals surface area contributed by atoms with Gasteiger partial charge < -0.3 is 0 Å². The minimum atomic E-state index is 0.697. The topological polar surface area (TPSA) is 30.7 Å². The molecule has 0 spiro atoms. The first-order valence-electron chi connectivity index (χ1n) is 5.33. The quantitative estimate of drug-likeness (QED) is 0.725. The third-order valence-corrected chi connectivity index (χ3v) is 3.64. The second-order valence-corrected chi connectivity index (χ2v) is 5.04. The van der Waals surface area contributed by atoms with Crippen LogP contribution in [0.2, 0.25) is 5.02 Å². The van der Waals surface area contributed by atoms with Crippen LogP contribution in [0.4, 0.5) is 0 Å². The van der Waals surface area contributed by atoms with Crippen LogP contribution < -0.4 is 0 Å². The molecule has 0 saturated heterocycles. The lowest BCUT2D eigenvalue weighted by molar-refractivity contribution is 0.607. The summed E-state index contributed by atoms with van der Waals surface area (Å²) < 4.78 is 1.92. The molecule has 3 aromatic rings. The van der Waals surface area contributed by atoms with E-state index < -0.39 is 0 Å². The number of benzene rings is 1. The van der Waals surface area contributed by atoms with Gasteiger partial charge in [-0.15, -0.1) is 5.10 Å². The van der Waals surface area contributed by atoms with Crippen molar-refractivity contribution >= 4 is 34.0 Å². The van der Waals surface area contributed by atoms with Crippen molar-refractivity contribution in [2.45, 2.75) is 13.0 Å². The third kappa shape index (κ3) is 2.18. The van der Waals surface area contributed by atoms with E-state index in [1.165, 1.54) is 5.56 Å². The molecule has 2 aromatic heterocycles. The zero-order chi connectivity index (χ0) is 11.7. The number of aryl methyl sites for hydroxylation is 2. The van der Waals surface area contributed by atoms with Crippen molar-refractivity contribution in [3.05, 3.63) is 45.6 Å². The fraction of sp³-hybridized carbons (Fsp3) is 0.167. The average molecular weight is 264 g/mol. The average Bonchev–Trinajstić information content (AvgIpc) is 2.94. The zero-order valence-corrected chi connectivity index (χ0v) is 10.6. The maximum absolute atomic E-state index is 5.91. The van der Waals surface area contributed by atoms with Gasteiger partial charge in [-0.25, -0.2) is 4.68 Å². The summed E-state index contributed by atoms with van der Waals surface area (Å²) in [5.41, 5.74) is 3.22. The Bertz CT molecular complexity index is 630. The standard InChI is InChI=1S/C12H10ClN3S/c13-10-1-2-12-11(7-10)14-15-16(12)5-3-9-4-6-17-8-9/h1-2,4,6-8H,3,5H2. The lowest BCUT2D eigenvalue weighted by atomic mass is 10.2. The molecule has 17 heavy (non-hydrogen) atoms. The second-order valence-electron chi connectivity index (χ2n) is 3.83. The lowest BCUT2D eigenvalue weighted by Gasteiger charge is -2.00. The van der Waals surface area contributed by atoms with E-state index in [1.54, 1.807) is 11.3 Å². The van der Waals surface area contributed by atoms with Crippen LogP contribution in [-0.4, -0.2) is 15.0 Å². The van der Waals surface area contributed by atoms with Gasteiger partial charge in [-0.3, -0.25) is 0 Å². The molecule has 0 amide bonds. The van der Waals surface area contributed by atoms with E-state index in [9.17, 15) is 0 Å². The van der Waals surface area contributed by atoms with Gasteiger partial charge in [0.05, 0.1) is 5.52 Å². The molecule has 0 aliphatic carbocycles. The van der Waals surface area contributed by atoms with Crippen LogP contribution in [0, 0.1) is 0 Å². The van der Waals surface area contributed by atoms with Crippen LogP contribution >= 0.6 is 22.9 Å². The van der Waals surface area contributed by atoms with Gasteiger partial charge in [-0.1, -0.05) is 16.8 Å². The van der Waals surface area contributed by atoms with Gasteiger partial charge in [0.1, 0.15) is 5.52 Å². The summed E-state index contributed by atoms with van der Waals surface area (Å²) in [6.45, 7) is 0.842. The molecule has 5 heteroatoms. The number of hydrogen-bond acceptors (Lipinski definition) is 3. The van der Waals surface area contributed by atoms with Gasteiger partial charge in [0.25, 0.3) is 0 Å². The Morgan fingerprint density at radius 1 is 1.29 bits per heavy atom. The number of rotatable bonds is 3. The molecule has 0 radical (unpaired) electrons. The highest BCUT2D eigenvalue weighted by Crippen LogP contribution is 2.17. The van der Waals surface area contributed by atoms with Gasteiger partial charge >= 0.3 is 0 Å². The van der Waals surface area contributed by atoms with Gasteiger partial charge in [-0.2, -0.15) is 11.3 Å². The monoisotopic (exact) mass is 263 g/mol. The van der Waals surface area contributed by atoms with E-state index in [0.717, 1.165) is 24.0 Å². The second kappa shape index (κ2) is 4.47. The first kappa shape index (κ1) is 10.7. The Morgan fingerprint density at radius 2 is 2.24 bits per heavy atom. The summed E-state index contributed by atoms with van der Waals surface area (Å²) in [7, 11) is 0. The first-order valence-corrected chi connectivity index (χ1v) is 6.65. The fourth-order valence-corrected chi connectivity index (χ4v) is 2.65. The Kier molecular flexibility index (Phi) is 2.82. The molecule has 0 atom stereocenters. The van der Waals surface area contributed by atoms with E-state index in [2.05, 4.69) is 27.1 Å². The minimum Gasteiger partial charge on any atom is -0.244 e. The van der Waals surface area contributed by atoms with Crippen LogP contribution in [0.25, 0.3) is 11.0 Å². The molecule has 3 rings (SSSR count). The van der Waals surface area contributed by atoms with E-state index in [-0.39, 0.29) is 0 Å². The Hall–Kier alpha value is -1.39. The number of hydrogen-bond donors (Lipinski definition) is 0. The summed E-state index contributed by atoms with van der Waals surface area (Å²) in [4.78, 5) is 0. The van der Waals surface area contributed by atoms with Crippen LogP contribution in [0.5, 0.6) is 0 Å². The predicted molar refractivity (Wildman–Crippen MR) is 70.6 cm³/mol. The van der Waals surface area contributed by atoms with Crippen molar-refractivity contribution < 1.29 is 0 Å². The number of aromatic nitrogens is 3. The molecule has 0 saturated carbocycles. The van der Waals surface area contributed by atoms with Crippen molar-refractivity contribution in [3.63, 3.8) is 0 Å². The Balaban J connectivity index is 1.86. The molecule has 86 valence electrons. The van der Waals surface area contributed by atoms with Crippen LogP contribution in [0.3, 0.4) is 0 Å². The third-order valence-electron chi connectivity index (χ3n) is 2.67. The zero-order valence-electron chi connectivity index (χ0n) is 9.01. The molecule has 2 heterocycles. The van der Waals surface area contributed by atoms with Crippen molar-refractivity contribution in [3.8, 4) is 0 Å². The summed E-state index contributed by atoms with van der Waals surface area (Å²) in [5, 5.41) is 13.2. The number of halogens is 1. The van der Waals surface area contributed by atoms with E-state index in [0.29, 0.717) is 5.02 Å². The number of fused-ring (bicyclic) bond motifs is 1. The molecule has 0 unspecified atom stereocenters. The maximum Gasteiger partial charge on any atom is 0.114 e. The molecule has 1 aromatic carbocycles. The Morgan fingerprint density at radius 3 is 3.06 bits per heavy atom. The summed E-state index contributed by atoms with van der Waals surface area (Å²) in [6, 6.07) is 7.81. The van der Waals surface area contributed by atoms with E-state index in [4.69, 9.17) is 11.6 Å². The fourth-order valence-electron chi connectivity index (χ4n) is 1.78. The highest BCUT2D eigenvalue weighted by molar-refractivity contribution is 7.07. The molecule has 3 nitrogen and oxygen atoms in total. The Labute approximate surface area is 108 Å². The lowest BCUT2D eigenvalue weighted by Crippen LogP contribution is -2.02. The van der Waals surface area contributed by atoms with Gasteiger partial charge in [-0.05, 0) is 47.0 Å². The SMILES string of the molecule is Clc1ccc2c(c1)nnn2CCc1ccsc1. The molecular weight excluding hydrogens is 254 g/mol. The van der Waals surface area contributed by atoms with E-state index in [1.807, 2.05) is 22.9 Å². The van der Waals surface area contributed by atoms with Gasteiger partial charge in [0.15, 0.2) is 0 Å². The van der Waals surface area contributed by atoms with Gasteiger partial charge in [0.2, 0.25) is 0 Å². The van der Waals surface area contributed by atoms with Crippen molar-refractivity contribution in [1.82, 2.24) is 15.0 Å². The highest BCUT2D eigenvalue weighted by Gasteiger charge is 2.04. The molecule has 0 aliphatic heterocycles. The number of thiophene rings is 1. The molecule has 0 aliphatic rings.